The molecule has 0 aliphatic heterocycles. The molecule has 0 saturated heterocycles. The van der Waals surface area contributed by atoms with E-state index < -0.39 is 54.5 Å². The number of guanidine groups is 1. The molecule has 1 heterocycles. The minimum Gasteiger partial charge on any atom is -0.480 e. The number of para-hydroxylation sites is 1. The van der Waals surface area contributed by atoms with Crippen LogP contribution >= 0.6 is 12.6 Å². The number of aliphatic hydroxyl groups excluding tert-OH is 1. The van der Waals surface area contributed by atoms with Crippen LogP contribution in [0.3, 0.4) is 0 Å². The number of hydrogen-bond donors (Lipinski definition) is 10. The molecule has 4 atom stereocenters. The first-order valence-corrected chi connectivity index (χ1v) is 12.4. The number of aromatic amines is 1. The van der Waals surface area contributed by atoms with Gasteiger partial charge in [0.25, 0.3) is 0 Å². The van der Waals surface area contributed by atoms with E-state index in [1.807, 2.05) is 24.3 Å². The molecule has 0 aliphatic carbocycles. The number of H-pyrrole nitrogens is 1. The lowest BCUT2D eigenvalue weighted by Gasteiger charge is -2.24. The maximum atomic E-state index is 13.0. The number of aromatic nitrogens is 1. The molecule has 0 aliphatic rings. The summed E-state index contributed by atoms with van der Waals surface area (Å²) in [6.45, 7) is -0.638. The summed E-state index contributed by atoms with van der Waals surface area (Å²) in [6, 6.07) is 2.60. The molecule has 1 aromatic heterocycles. The predicted molar refractivity (Wildman–Crippen MR) is 144 cm³/mol. The first-order valence-electron chi connectivity index (χ1n) is 11.8. The second-order valence-corrected chi connectivity index (χ2v) is 8.87. The van der Waals surface area contributed by atoms with Gasteiger partial charge >= 0.3 is 5.97 Å². The van der Waals surface area contributed by atoms with Crippen molar-refractivity contribution >= 4 is 53.2 Å². The third kappa shape index (κ3) is 8.93. The molecule has 1 aromatic carbocycles. The molecular formula is C23H34N8O6S. The normalized spacial score (nSPS) is 14.1. The van der Waals surface area contributed by atoms with Gasteiger partial charge in [0, 0.05) is 29.4 Å². The van der Waals surface area contributed by atoms with Crippen molar-refractivity contribution in [2.75, 3.05) is 18.9 Å². The number of nitrogens with one attached hydrogen (secondary N) is 4. The van der Waals surface area contributed by atoms with Crippen molar-refractivity contribution < 1.29 is 29.4 Å². The maximum absolute atomic E-state index is 13.0. The highest BCUT2D eigenvalue weighted by atomic mass is 32.1. The molecule has 0 fully saturated rings. The van der Waals surface area contributed by atoms with E-state index in [-0.39, 0.29) is 31.1 Å². The molecule has 208 valence electrons. The van der Waals surface area contributed by atoms with Crippen LogP contribution in [0.1, 0.15) is 18.4 Å². The molecule has 12 N–H and O–H groups in total. The second kappa shape index (κ2) is 14.8. The van der Waals surface area contributed by atoms with E-state index in [0.29, 0.717) is 6.42 Å². The van der Waals surface area contributed by atoms with Gasteiger partial charge in [0.15, 0.2) is 5.96 Å². The zero-order valence-corrected chi connectivity index (χ0v) is 21.5. The van der Waals surface area contributed by atoms with Crippen molar-refractivity contribution in [2.24, 2.45) is 22.2 Å². The lowest BCUT2D eigenvalue weighted by molar-refractivity contribution is -0.142. The highest BCUT2D eigenvalue weighted by Crippen LogP contribution is 2.18. The Kier molecular flexibility index (Phi) is 11.8. The average Bonchev–Trinajstić information content (AvgIpc) is 3.29. The molecule has 0 radical (unpaired) electrons. The van der Waals surface area contributed by atoms with E-state index in [2.05, 4.69) is 38.6 Å². The number of aliphatic carboxylic acids is 1. The fraction of sp³-hybridized carbons (Fsp3) is 0.435. The number of carboxylic acid groups (broad SMARTS) is 1. The zero-order chi connectivity index (χ0) is 28.2. The molecule has 38 heavy (non-hydrogen) atoms. The minimum absolute atomic E-state index is 0.0856. The van der Waals surface area contributed by atoms with Crippen molar-refractivity contribution in [2.45, 2.75) is 43.4 Å². The van der Waals surface area contributed by atoms with Gasteiger partial charge in [-0.05, 0) is 30.9 Å². The van der Waals surface area contributed by atoms with Crippen LogP contribution in [0.15, 0.2) is 35.5 Å². The molecule has 0 spiro atoms. The third-order valence-electron chi connectivity index (χ3n) is 5.64. The molecular weight excluding hydrogens is 516 g/mol. The van der Waals surface area contributed by atoms with Crippen molar-refractivity contribution in [1.82, 2.24) is 20.9 Å². The van der Waals surface area contributed by atoms with Gasteiger partial charge in [-0.2, -0.15) is 12.6 Å². The van der Waals surface area contributed by atoms with Gasteiger partial charge in [-0.1, -0.05) is 18.2 Å². The zero-order valence-electron chi connectivity index (χ0n) is 20.6. The number of carbonyl (C=O) groups is 4. The topological polar surface area (TPSA) is 251 Å². The van der Waals surface area contributed by atoms with E-state index >= 15 is 0 Å². The van der Waals surface area contributed by atoms with Gasteiger partial charge in [0.1, 0.15) is 18.1 Å². The highest BCUT2D eigenvalue weighted by molar-refractivity contribution is 7.80. The van der Waals surface area contributed by atoms with Crippen LogP contribution in [0.5, 0.6) is 0 Å². The Hall–Kier alpha value is -3.82. The summed E-state index contributed by atoms with van der Waals surface area (Å²) in [7, 11) is 0. The maximum Gasteiger partial charge on any atom is 0.327 e. The van der Waals surface area contributed by atoms with E-state index in [1.54, 1.807) is 6.20 Å². The van der Waals surface area contributed by atoms with Crippen LogP contribution in [0.4, 0.5) is 0 Å². The van der Waals surface area contributed by atoms with Crippen LogP contribution < -0.4 is 33.2 Å². The van der Waals surface area contributed by atoms with Crippen LogP contribution in [0.2, 0.25) is 0 Å². The molecule has 3 amide bonds. The van der Waals surface area contributed by atoms with Gasteiger partial charge in [-0.15, -0.1) is 0 Å². The highest BCUT2D eigenvalue weighted by Gasteiger charge is 2.29. The van der Waals surface area contributed by atoms with E-state index in [9.17, 15) is 24.3 Å². The Morgan fingerprint density at radius 2 is 1.63 bits per heavy atom. The second-order valence-electron chi connectivity index (χ2n) is 8.51. The van der Waals surface area contributed by atoms with Crippen LogP contribution in [-0.2, 0) is 25.6 Å². The number of carboxylic acids is 1. The first kappa shape index (κ1) is 30.4. The number of hydrogen-bond acceptors (Lipinski definition) is 8. The number of rotatable bonds is 15. The number of aliphatic hydroxyl groups is 1. The number of fused-ring (bicyclic) bond motifs is 1. The number of amides is 3. The fourth-order valence-electron chi connectivity index (χ4n) is 3.61. The molecule has 0 saturated carbocycles. The summed E-state index contributed by atoms with van der Waals surface area (Å²) >= 11 is 3.86. The largest absolute Gasteiger partial charge is 0.480 e. The summed E-state index contributed by atoms with van der Waals surface area (Å²) in [6.07, 6.45) is 2.34. The molecule has 2 rings (SSSR count). The Morgan fingerprint density at radius 1 is 1.00 bits per heavy atom. The number of benzene rings is 1. The lowest BCUT2D eigenvalue weighted by atomic mass is 10.0. The van der Waals surface area contributed by atoms with E-state index in [0.717, 1.165) is 16.5 Å². The SMILES string of the molecule is NC(N)=NCCCC(NC(=O)C(N)Cc1c[nH]c2ccccc12)C(=O)NC(CO)C(=O)NC(CS)C(=O)O. The van der Waals surface area contributed by atoms with Gasteiger partial charge < -0.3 is 48.3 Å². The van der Waals surface area contributed by atoms with E-state index in [4.69, 9.17) is 22.3 Å². The number of aliphatic imine (C=N–C) groups is 1. The van der Waals surface area contributed by atoms with Crippen molar-refractivity contribution in [1.29, 1.82) is 0 Å². The monoisotopic (exact) mass is 550 g/mol. The third-order valence-corrected chi connectivity index (χ3v) is 6.01. The summed E-state index contributed by atoms with van der Waals surface area (Å²) in [5.41, 5.74) is 18.5. The summed E-state index contributed by atoms with van der Waals surface area (Å²) in [4.78, 5) is 56.5. The predicted octanol–water partition coefficient (Wildman–Crippen LogP) is -2.45. The summed E-state index contributed by atoms with van der Waals surface area (Å²) in [5.74, 6) is -3.98. The smallest absolute Gasteiger partial charge is 0.327 e. The summed E-state index contributed by atoms with van der Waals surface area (Å²) < 4.78 is 0. The van der Waals surface area contributed by atoms with Crippen LogP contribution in [0.25, 0.3) is 10.9 Å². The van der Waals surface area contributed by atoms with Crippen LogP contribution in [-0.4, -0.2) is 87.9 Å². The standard InChI is InChI=1S/C23H34N8O6S/c24-14(8-12-9-28-15-5-2-1-4-13(12)15)19(33)29-16(6-3-7-27-23(25)26)20(34)30-17(10-32)21(35)31-18(11-38)22(36)37/h1-2,4-5,9,14,16-18,28,32,38H,3,6-8,10-11,24H2,(H,29,33)(H,30,34)(H,31,35)(H,36,37)(H4,25,26,27). The summed E-state index contributed by atoms with van der Waals surface area (Å²) in [5, 5.41) is 26.8. The van der Waals surface area contributed by atoms with Gasteiger partial charge in [-0.3, -0.25) is 19.4 Å². The Morgan fingerprint density at radius 3 is 2.26 bits per heavy atom. The Labute approximate surface area is 224 Å². The minimum atomic E-state index is -1.47. The van der Waals surface area contributed by atoms with Gasteiger partial charge in [0.2, 0.25) is 17.7 Å². The fourth-order valence-corrected chi connectivity index (χ4v) is 3.85. The van der Waals surface area contributed by atoms with Crippen molar-refractivity contribution in [3.8, 4) is 0 Å². The number of nitrogens with two attached hydrogens (primary N) is 3. The van der Waals surface area contributed by atoms with E-state index in [1.165, 1.54) is 0 Å². The quantitative estimate of drug-likeness (QED) is 0.0488. The Bertz CT molecular complexity index is 1150. The molecule has 2 aromatic rings. The molecule has 15 heteroatoms. The molecule has 4 unspecified atom stereocenters. The number of carbonyl (C=O) groups excluding carboxylic acids is 3. The number of nitrogens with zero attached hydrogens (tertiary/aromatic N) is 1. The van der Waals surface area contributed by atoms with Crippen LogP contribution in [0, 0.1) is 0 Å². The lowest BCUT2D eigenvalue weighted by Crippen LogP contribution is -2.58. The first-order chi connectivity index (χ1) is 18.1. The van der Waals surface area contributed by atoms with Gasteiger partial charge in [-0.25, -0.2) is 4.79 Å². The Balaban J connectivity index is 2.10. The van der Waals surface area contributed by atoms with Gasteiger partial charge in [0.05, 0.1) is 12.6 Å². The average molecular weight is 551 g/mol. The number of thiol groups is 1. The molecule has 0 bridgehead atoms. The molecule has 14 nitrogen and oxygen atoms in total. The van der Waals surface area contributed by atoms with Crippen molar-refractivity contribution in [3.05, 3.63) is 36.0 Å². The van der Waals surface area contributed by atoms with Crippen molar-refractivity contribution in [3.63, 3.8) is 0 Å².